The van der Waals surface area contributed by atoms with E-state index in [0.29, 0.717) is 5.56 Å². The van der Waals surface area contributed by atoms with Crippen LogP contribution in [0.2, 0.25) is 0 Å². The van der Waals surface area contributed by atoms with Crippen molar-refractivity contribution < 1.29 is 14.0 Å². The Bertz CT molecular complexity index is 697. The third-order valence-electron chi connectivity index (χ3n) is 5.09. The number of aryl methyl sites for hydroxylation is 1. The van der Waals surface area contributed by atoms with E-state index in [1.54, 1.807) is 0 Å². The van der Waals surface area contributed by atoms with Gasteiger partial charge in [0.25, 0.3) is 5.91 Å². The van der Waals surface area contributed by atoms with Gasteiger partial charge in [0.1, 0.15) is 5.76 Å². The van der Waals surface area contributed by atoms with Crippen molar-refractivity contribution >= 4 is 11.8 Å². The van der Waals surface area contributed by atoms with Crippen molar-refractivity contribution in [3.63, 3.8) is 0 Å². The molecule has 5 heteroatoms. The second-order valence-electron chi connectivity index (χ2n) is 6.70. The summed E-state index contributed by atoms with van der Waals surface area (Å²) in [4.78, 5) is 38.2. The summed E-state index contributed by atoms with van der Waals surface area (Å²) in [5, 5.41) is 0. The molecule has 2 fully saturated rings. The minimum Gasteiger partial charge on any atom is -0.426 e. The molecule has 0 unspecified atom stereocenters. The zero-order chi connectivity index (χ0) is 15.3. The molecule has 4 rings (SSSR count). The van der Waals surface area contributed by atoms with Crippen LogP contribution in [-0.2, 0) is 17.6 Å². The van der Waals surface area contributed by atoms with Gasteiger partial charge in [-0.3, -0.25) is 14.5 Å². The van der Waals surface area contributed by atoms with Crippen LogP contribution in [0, 0.1) is 5.92 Å². The Kier molecular flexibility index (Phi) is 3.17. The fraction of sp³-hybridized carbons (Fsp3) is 0.588. The van der Waals surface area contributed by atoms with E-state index in [1.807, 2.05) is 0 Å². The lowest BCUT2D eigenvalue weighted by atomic mass is 9.88. The van der Waals surface area contributed by atoms with Crippen LogP contribution in [-0.4, -0.2) is 22.8 Å². The average molecular weight is 301 g/mol. The van der Waals surface area contributed by atoms with Crippen LogP contribution < -0.4 is 5.63 Å². The topological polar surface area (TPSA) is 67.6 Å². The highest BCUT2D eigenvalue weighted by molar-refractivity contribution is 6.10. The van der Waals surface area contributed by atoms with E-state index in [1.165, 1.54) is 23.8 Å². The standard InChI is InChI=1S/C17H19NO4/c19-14-9-13-16(17(21)18(14)12-2-1-3-12)11(8-15(20)22-13)7-6-10-4-5-10/h8,10,12H,1-7,9H2. The van der Waals surface area contributed by atoms with Crippen molar-refractivity contribution in [1.82, 2.24) is 4.90 Å². The van der Waals surface area contributed by atoms with E-state index in [4.69, 9.17) is 4.42 Å². The van der Waals surface area contributed by atoms with Gasteiger partial charge in [0, 0.05) is 12.1 Å². The van der Waals surface area contributed by atoms with E-state index < -0.39 is 5.63 Å². The maximum Gasteiger partial charge on any atom is 0.336 e. The average Bonchev–Trinajstić information content (AvgIpc) is 3.22. The highest BCUT2D eigenvalue weighted by Crippen LogP contribution is 2.35. The minimum atomic E-state index is -0.456. The Labute approximate surface area is 128 Å². The summed E-state index contributed by atoms with van der Waals surface area (Å²) < 4.78 is 5.16. The lowest BCUT2D eigenvalue weighted by molar-refractivity contribution is -0.132. The van der Waals surface area contributed by atoms with Crippen LogP contribution in [0.4, 0.5) is 0 Å². The first-order valence-electron chi connectivity index (χ1n) is 8.16. The summed E-state index contributed by atoms with van der Waals surface area (Å²) in [6, 6.07) is 1.48. The number of nitrogens with zero attached hydrogens (tertiary/aromatic N) is 1. The molecule has 5 nitrogen and oxygen atoms in total. The molecule has 2 heterocycles. The van der Waals surface area contributed by atoms with Gasteiger partial charge < -0.3 is 4.42 Å². The van der Waals surface area contributed by atoms with Gasteiger partial charge in [0.05, 0.1) is 12.0 Å². The first kappa shape index (κ1) is 13.7. The largest absolute Gasteiger partial charge is 0.426 e. The van der Waals surface area contributed by atoms with Gasteiger partial charge >= 0.3 is 5.63 Å². The zero-order valence-electron chi connectivity index (χ0n) is 12.5. The highest BCUT2D eigenvalue weighted by atomic mass is 16.4. The molecule has 1 aliphatic heterocycles. The second-order valence-corrected chi connectivity index (χ2v) is 6.70. The quantitative estimate of drug-likeness (QED) is 0.798. The van der Waals surface area contributed by atoms with Crippen molar-refractivity contribution in [2.45, 2.75) is 57.4 Å². The van der Waals surface area contributed by atoms with Gasteiger partial charge in [0.15, 0.2) is 0 Å². The number of hydrogen-bond acceptors (Lipinski definition) is 4. The van der Waals surface area contributed by atoms with Gasteiger partial charge in [-0.05, 0) is 43.6 Å². The summed E-state index contributed by atoms with van der Waals surface area (Å²) in [7, 11) is 0. The van der Waals surface area contributed by atoms with E-state index in [0.717, 1.165) is 43.6 Å². The molecule has 0 atom stereocenters. The molecule has 116 valence electrons. The fourth-order valence-corrected chi connectivity index (χ4v) is 3.41. The van der Waals surface area contributed by atoms with Crippen LogP contribution in [0.25, 0.3) is 0 Å². The molecule has 1 aromatic heterocycles. The molecule has 2 aliphatic carbocycles. The monoisotopic (exact) mass is 301 g/mol. The Morgan fingerprint density at radius 1 is 1.14 bits per heavy atom. The van der Waals surface area contributed by atoms with E-state index in [2.05, 4.69) is 0 Å². The zero-order valence-corrected chi connectivity index (χ0v) is 12.5. The summed E-state index contributed by atoms with van der Waals surface area (Å²) in [5.74, 6) is 0.505. The second kappa shape index (κ2) is 5.07. The van der Waals surface area contributed by atoms with Gasteiger partial charge in [-0.2, -0.15) is 0 Å². The van der Waals surface area contributed by atoms with Crippen molar-refractivity contribution in [2.24, 2.45) is 5.92 Å². The minimum absolute atomic E-state index is 0.0318. The van der Waals surface area contributed by atoms with Crippen LogP contribution in [0.3, 0.4) is 0 Å². The predicted octanol–water partition coefficient (Wildman–Crippen LogP) is 2.06. The maximum absolute atomic E-state index is 12.8. The summed E-state index contributed by atoms with van der Waals surface area (Å²) in [6.45, 7) is 0. The van der Waals surface area contributed by atoms with Crippen LogP contribution in [0.1, 0.15) is 60.2 Å². The third kappa shape index (κ3) is 2.28. The van der Waals surface area contributed by atoms with Crippen molar-refractivity contribution in [2.75, 3.05) is 0 Å². The molecule has 22 heavy (non-hydrogen) atoms. The van der Waals surface area contributed by atoms with Crippen LogP contribution in [0.5, 0.6) is 0 Å². The smallest absolute Gasteiger partial charge is 0.336 e. The first-order chi connectivity index (χ1) is 10.6. The summed E-state index contributed by atoms with van der Waals surface area (Å²) >= 11 is 0. The number of hydrogen-bond donors (Lipinski definition) is 0. The Morgan fingerprint density at radius 3 is 2.55 bits per heavy atom. The Balaban J connectivity index is 1.71. The number of imide groups is 1. The SMILES string of the molecule is O=C1Cc2oc(=O)cc(CCC3CC3)c2C(=O)N1C1CCC1. The van der Waals surface area contributed by atoms with E-state index >= 15 is 0 Å². The highest BCUT2D eigenvalue weighted by Gasteiger charge is 2.41. The molecule has 0 aromatic carbocycles. The maximum atomic E-state index is 12.8. The summed E-state index contributed by atoms with van der Waals surface area (Å²) in [6.07, 6.45) is 7.07. The Hall–Kier alpha value is -1.91. The summed E-state index contributed by atoms with van der Waals surface area (Å²) in [5.41, 5.74) is 0.786. The van der Waals surface area contributed by atoms with Gasteiger partial charge in [0.2, 0.25) is 5.91 Å². The molecular formula is C17H19NO4. The lowest BCUT2D eigenvalue weighted by Gasteiger charge is -2.38. The van der Waals surface area contributed by atoms with Gasteiger partial charge in [-0.1, -0.05) is 12.8 Å². The normalized spacial score (nSPS) is 21.7. The molecule has 0 saturated heterocycles. The van der Waals surface area contributed by atoms with Crippen LogP contribution >= 0.6 is 0 Å². The number of amides is 2. The number of rotatable bonds is 4. The van der Waals surface area contributed by atoms with Crippen molar-refractivity contribution in [1.29, 1.82) is 0 Å². The molecule has 0 radical (unpaired) electrons. The van der Waals surface area contributed by atoms with Gasteiger partial charge in [-0.15, -0.1) is 0 Å². The molecule has 2 saturated carbocycles. The molecule has 0 bridgehead atoms. The third-order valence-corrected chi connectivity index (χ3v) is 5.09. The van der Waals surface area contributed by atoms with E-state index in [9.17, 15) is 14.4 Å². The Morgan fingerprint density at radius 2 is 1.91 bits per heavy atom. The number of carbonyl (C=O) groups is 2. The van der Waals surface area contributed by atoms with Crippen molar-refractivity contribution in [3.05, 3.63) is 33.4 Å². The van der Waals surface area contributed by atoms with Crippen molar-refractivity contribution in [3.8, 4) is 0 Å². The lowest BCUT2D eigenvalue weighted by Crippen LogP contribution is -2.51. The molecule has 2 amide bonds. The molecule has 0 N–H and O–H groups in total. The van der Waals surface area contributed by atoms with E-state index in [-0.39, 0.29) is 30.0 Å². The fourth-order valence-electron chi connectivity index (χ4n) is 3.41. The molecule has 1 aromatic rings. The number of fused-ring (bicyclic) bond motifs is 1. The molecule has 0 spiro atoms. The number of carbonyl (C=O) groups excluding carboxylic acids is 2. The van der Waals surface area contributed by atoms with Gasteiger partial charge in [-0.25, -0.2) is 4.79 Å². The molecule has 3 aliphatic rings. The molecular weight excluding hydrogens is 282 g/mol. The first-order valence-corrected chi connectivity index (χ1v) is 8.16. The predicted molar refractivity (Wildman–Crippen MR) is 78.5 cm³/mol. The van der Waals surface area contributed by atoms with Crippen LogP contribution in [0.15, 0.2) is 15.3 Å².